The van der Waals surface area contributed by atoms with E-state index in [0.717, 1.165) is 48.6 Å². The van der Waals surface area contributed by atoms with Crippen LogP contribution in [0.25, 0.3) is 11.5 Å². The Bertz CT molecular complexity index is 516. The van der Waals surface area contributed by atoms with E-state index in [0.29, 0.717) is 5.88 Å². The van der Waals surface area contributed by atoms with Crippen molar-refractivity contribution in [2.75, 3.05) is 5.88 Å². The molecule has 0 saturated carbocycles. The normalized spacial score (nSPS) is 10.9. The van der Waals surface area contributed by atoms with Crippen molar-refractivity contribution in [1.82, 2.24) is 4.98 Å². The SMILES string of the molecule is CCc1oc(-c2ccc(C)cc2)nc1CCCCCl. The number of halogens is 1. The van der Waals surface area contributed by atoms with Gasteiger partial charge < -0.3 is 4.42 Å². The number of nitrogens with zero attached hydrogens (tertiary/aromatic N) is 1. The molecule has 0 aliphatic rings. The fraction of sp³-hybridized carbons (Fsp3) is 0.438. The van der Waals surface area contributed by atoms with Crippen molar-refractivity contribution >= 4 is 11.6 Å². The van der Waals surface area contributed by atoms with E-state index in [1.165, 1.54) is 5.56 Å². The number of unbranched alkanes of at least 4 members (excludes halogenated alkanes) is 1. The minimum absolute atomic E-state index is 0.712. The van der Waals surface area contributed by atoms with Gasteiger partial charge in [-0.2, -0.15) is 0 Å². The summed E-state index contributed by atoms with van der Waals surface area (Å²) in [5.41, 5.74) is 3.38. The molecule has 0 spiro atoms. The summed E-state index contributed by atoms with van der Waals surface area (Å²) in [5.74, 6) is 2.45. The summed E-state index contributed by atoms with van der Waals surface area (Å²) in [7, 11) is 0. The lowest BCUT2D eigenvalue weighted by Crippen LogP contribution is -1.91. The van der Waals surface area contributed by atoms with Crippen molar-refractivity contribution in [3.63, 3.8) is 0 Å². The second-order valence-corrected chi connectivity index (χ2v) is 5.13. The highest BCUT2D eigenvalue weighted by molar-refractivity contribution is 6.17. The van der Waals surface area contributed by atoms with Crippen molar-refractivity contribution in [1.29, 1.82) is 0 Å². The van der Waals surface area contributed by atoms with E-state index < -0.39 is 0 Å². The number of oxazole rings is 1. The molecule has 0 aliphatic heterocycles. The summed E-state index contributed by atoms with van der Waals surface area (Å²) in [6.45, 7) is 4.18. The van der Waals surface area contributed by atoms with Crippen LogP contribution in [0.3, 0.4) is 0 Å². The first kappa shape index (κ1) is 14.1. The number of aryl methyl sites for hydroxylation is 3. The zero-order valence-electron chi connectivity index (χ0n) is 11.6. The molecule has 3 heteroatoms. The van der Waals surface area contributed by atoms with Gasteiger partial charge in [0.1, 0.15) is 5.76 Å². The average Bonchev–Trinajstić information content (AvgIpc) is 2.83. The molecule has 1 heterocycles. The van der Waals surface area contributed by atoms with Crippen molar-refractivity contribution in [3.8, 4) is 11.5 Å². The van der Waals surface area contributed by atoms with Gasteiger partial charge in [-0.1, -0.05) is 24.6 Å². The van der Waals surface area contributed by atoms with E-state index in [1.807, 2.05) is 0 Å². The molecule has 0 atom stereocenters. The van der Waals surface area contributed by atoms with Crippen LogP contribution < -0.4 is 0 Å². The van der Waals surface area contributed by atoms with Gasteiger partial charge in [0.2, 0.25) is 5.89 Å². The van der Waals surface area contributed by atoms with Crippen LogP contribution in [0.2, 0.25) is 0 Å². The molecule has 1 aromatic carbocycles. The highest BCUT2D eigenvalue weighted by Gasteiger charge is 2.12. The largest absolute Gasteiger partial charge is 0.441 e. The lowest BCUT2D eigenvalue weighted by molar-refractivity contribution is 0.520. The summed E-state index contributed by atoms with van der Waals surface area (Å²) in [6, 6.07) is 8.28. The average molecular weight is 278 g/mol. The van der Waals surface area contributed by atoms with Gasteiger partial charge in [0.15, 0.2) is 0 Å². The Hall–Kier alpha value is -1.28. The summed E-state index contributed by atoms with van der Waals surface area (Å²) in [4.78, 5) is 4.64. The lowest BCUT2D eigenvalue weighted by atomic mass is 10.1. The predicted molar refractivity (Wildman–Crippen MR) is 79.7 cm³/mol. The molecule has 0 N–H and O–H groups in total. The molecular weight excluding hydrogens is 258 g/mol. The van der Waals surface area contributed by atoms with Gasteiger partial charge in [0, 0.05) is 17.9 Å². The Labute approximate surface area is 119 Å². The fourth-order valence-corrected chi connectivity index (χ4v) is 2.25. The molecule has 0 bridgehead atoms. The molecular formula is C16H20ClNO. The smallest absolute Gasteiger partial charge is 0.226 e. The molecule has 1 aromatic heterocycles. The molecule has 2 nitrogen and oxygen atoms in total. The quantitative estimate of drug-likeness (QED) is 0.561. The van der Waals surface area contributed by atoms with E-state index in [4.69, 9.17) is 16.0 Å². The minimum Gasteiger partial charge on any atom is -0.441 e. The number of benzene rings is 1. The van der Waals surface area contributed by atoms with E-state index in [-0.39, 0.29) is 0 Å². The first-order valence-corrected chi connectivity index (χ1v) is 7.39. The molecule has 0 radical (unpaired) electrons. The molecule has 0 saturated heterocycles. The van der Waals surface area contributed by atoms with Crippen LogP contribution in [0.4, 0.5) is 0 Å². The van der Waals surface area contributed by atoms with E-state index in [2.05, 4.69) is 43.1 Å². The van der Waals surface area contributed by atoms with Crippen LogP contribution in [0, 0.1) is 6.92 Å². The molecule has 2 rings (SSSR count). The summed E-state index contributed by atoms with van der Waals surface area (Å²) in [6.07, 6.45) is 3.92. The maximum absolute atomic E-state index is 5.88. The van der Waals surface area contributed by atoms with E-state index in [9.17, 15) is 0 Å². The van der Waals surface area contributed by atoms with Crippen LogP contribution in [0.1, 0.15) is 36.8 Å². The molecule has 0 amide bonds. The van der Waals surface area contributed by atoms with Crippen molar-refractivity contribution in [2.45, 2.75) is 39.5 Å². The zero-order valence-corrected chi connectivity index (χ0v) is 12.3. The number of hydrogen-bond acceptors (Lipinski definition) is 2. The molecule has 0 fully saturated rings. The van der Waals surface area contributed by atoms with Crippen molar-refractivity contribution in [2.24, 2.45) is 0 Å². The monoisotopic (exact) mass is 277 g/mol. The number of alkyl halides is 1. The summed E-state index contributed by atoms with van der Waals surface area (Å²) in [5, 5.41) is 0. The van der Waals surface area contributed by atoms with Crippen LogP contribution in [0.15, 0.2) is 28.7 Å². The molecule has 0 unspecified atom stereocenters. The Morgan fingerprint density at radius 1 is 1.16 bits per heavy atom. The minimum atomic E-state index is 0.712. The van der Waals surface area contributed by atoms with E-state index in [1.54, 1.807) is 0 Å². The Balaban J connectivity index is 2.20. The van der Waals surface area contributed by atoms with Gasteiger partial charge in [0.05, 0.1) is 5.69 Å². The third-order valence-corrected chi connectivity index (χ3v) is 3.46. The summed E-state index contributed by atoms with van der Waals surface area (Å²) >= 11 is 5.71. The van der Waals surface area contributed by atoms with Gasteiger partial charge in [-0.15, -0.1) is 11.6 Å². The Morgan fingerprint density at radius 2 is 1.89 bits per heavy atom. The Kier molecular flexibility index (Phi) is 5.03. The van der Waals surface area contributed by atoms with Crippen molar-refractivity contribution < 1.29 is 4.42 Å². The first-order chi connectivity index (χ1) is 9.24. The molecule has 19 heavy (non-hydrogen) atoms. The lowest BCUT2D eigenvalue weighted by Gasteiger charge is -1.96. The van der Waals surface area contributed by atoms with Gasteiger partial charge in [-0.3, -0.25) is 0 Å². The summed E-state index contributed by atoms with van der Waals surface area (Å²) < 4.78 is 5.88. The topological polar surface area (TPSA) is 26.0 Å². The predicted octanol–water partition coefficient (Wildman–Crippen LogP) is 4.77. The molecule has 0 aliphatic carbocycles. The van der Waals surface area contributed by atoms with Crippen LogP contribution in [0.5, 0.6) is 0 Å². The van der Waals surface area contributed by atoms with Gasteiger partial charge in [0.25, 0.3) is 0 Å². The highest BCUT2D eigenvalue weighted by Crippen LogP contribution is 2.24. The van der Waals surface area contributed by atoms with Gasteiger partial charge in [-0.05, 0) is 38.3 Å². The first-order valence-electron chi connectivity index (χ1n) is 6.86. The standard InChI is InChI=1S/C16H20ClNO/c1-3-15-14(6-4-5-11-17)18-16(19-15)13-9-7-12(2)8-10-13/h7-10H,3-6,11H2,1-2H3. The maximum atomic E-state index is 5.88. The van der Waals surface area contributed by atoms with Crippen LogP contribution >= 0.6 is 11.6 Å². The highest BCUT2D eigenvalue weighted by atomic mass is 35.5. The van der Waals surface area contributed by atoms with Crippen LogP contribution in [-0.2, 0) is 12.8 Å². The molecule has 2 aromatic rings. The number of hydrogen-bond donors (Lipinski definition) is 0. The molecule has 102 valence electrons. The van der Waals surface area contributed by atoms with Gasteiger partial charge in [-0.25, -0.2) is 4.98 Å². The third kappa shape index (κ3) is 3.60. The zero-order chi connectivity index (χ0) is 13.7. The van der Waals surface area contributed by atoms with Crippen LogP contribution in [-0.4, -0.2) is 10.9 Å². The van der Waals surface area contributed by atoms with Crippen molar-refractivity contribution in [3.05, 3.63) is 41.3 Å². The third-order valence-electron chi connectivity index (χ3n) is 3.20. The fourth-order valence-electron chi connectivity index (χ4n) is 2.06. The Morgan fingerprint density at radius 3 is 2.53 bits per heavy atom. The van der Waals surface area contributed by atoms with E-state index >= 15 is 0 Å². The number of aromatic nitrogens is 1. The number of rotatable bonds is 6. The van der Waals surface area contributed by atoms with Gasteiger partial charge >= 0.3 is 0 Å². The second-order valence-electron chi connectivity index (χ2n) is 4.75. The second kappa shape index (κ2) is 6.76. The maximum Gasteiger partial charge on any atom is 0.226 e.